The van der Waals surface area contributed by atoms with Crippen LogP contribution in [0.1, 0.15) is 41.7 Å². The number of aromatic nitrogens is 1. The topological polar surface area (TPSA) is 36.4 Å². The molecule has 2 aromatic rings. The Bertz CT molecular complexity index is 639. The molecule has 0 saturated heterocycles. The molecule has 1 aliphatic rings. The zero-order valence-electron chi connectivity index (χ0n) is 12.7. The fourth-order valence-electron chi connectivity index (χ4n) is 2.98. The normalized spacial score (nSPS) is 15.7. The van der Waals surface area contributed by atoms with Crippen LogP contribution in [0, 0.1) is 6.92 Å². The number of benzene rings is 1. The van der Waals surface area contributed by atoms with E-state index in [1.54, 1.807) is 0 Å². The lowest BCUT2D eigenvalue weighted by atomic mass is 9.99. The maximum atomic E-state index is 9.99. The molecule has 3 nitrogen and oxygen atoms in total. The van der Waals surface area contributed by atoms with E-state index in [1.165, 1.54) is 11.1 Å². The van der Waals surface area contributed by atoms with Crippen LogP contribution in [0.2, 0.25) is 0 Å². The van der Waals surface area contributed by atoms with E-state index < -0.39 is 6.10 Å². The average Bonchev–Trinajstić information content (AvgIpc) is 2.53. The number of fused-ring (bicyclic) bond motifs is 1. The van der Waals surface area contributed by atoms with E-state index >= 15 is 0 Å². The van der Waals surface area contributed by atoms with Crippen molar-refractivity contribution in [3.05, 3.63) is 58.8 Å². The van der Waals surface area contributed by atoms with E-state index in [-0.39, 0.29) is 0 Å². The molecule has 0 amide bonds. The molecule has 21 heavy (non-hydrogen) atoms. The molecule has 110 valence electrons. The Balaban J connectivity index is 1.84. The molecular weight excluding hydrogens is 260 g/mol. The highest BCUT2D eigenvalue weighted by Crippen LogP contribution is 2.26. The van der Waals surface area contributed by atoms with Crippen LogP contribution in [0.15, 0.2) is 36.5 Å². The van der Waals surface area contributed by atoms with Gasteiger partial charge in [0.1, 0.15) is 5.82 Å². The molecule has 2 heterocycles. The van der Waals surface area contributed by atoms with Gasteiger partial charge in [-0.2, -0.15) is 0 Å². The largest absolute Gasteiger partial charge is 0.388 e. The van der Waals surface area contributed by atoms with Crippen LogP contribution in [-0.2, 0) is 13.0 Å². The molecule has 3 heteroatoms. The van der Waals surface area contributed by atoms with Gasteiger partial charge in [0.05, 0.1) is 6.10 Å². The molecular formula is C18H22N2O. The van der Waals surface area contributed by atoms with E-state index in [4.69, 9.17) is 0 Å². The van der Waals surface area contributed by atoms with Crippen LogP contribution in [0.5, 0.6) is 0 Å². The predicted octanol–water partition coefficient (Wildman–Crippen LogP) is 3.40. The number of hydrogen-bond donors (Lipinski definition) is 1. The van der Waals surface area contributed by atoms with E-state index in [9.17, 15) is 5.11 Å². The van der Waals surface area contributed by atoms with E-state index in [2.05, 4.69) is 47.1 Å². The van der Waals surface area contributed by atoms with Gasteiger partial charge in [-0.15, -0.1) is 0 Å². The molecule has 3 rings (SSSR count). The van der Waals surface area contributed by atoms with Crippen molar-refractivity contribution in [3.63, 3.8) is 0 Å². The van der Waals surface area contributed by atoms with Gasteiger partial charge in [-0.05, 0) is 42.5 Å². The molecule has 0 radical (unpaired) electrons. The number of aliphatic hydroxyl groups is 1. The van der Waals surface area contributed by atoms with Crippen molar-refractivity contribution in [1.29, 1.82) is 0 Å². The SMILES string of the molecule is CC[C@H](O)c1cnc(N2CCc3ccccc3C2)cc1C. The molecule has 0 aliphatic carbocycles. The van der Waals surface area contributed by atoms with E-state index in [0.29, 0.717) is 0 Å². The van der Waals surface area contributed by atoms with Crippen molar-refractivity contribution in [2.75, 3.05) is 11.4 Å². The molecule has 0 unspecified atom stereocenters. The number of rotatable bonds is 3. The first-order chi connectivity index (χ1) is 10.2. The first-order valence-electron chi connectivity index (χ1n) is 7.65. The molecule has 1 aromatic heterocycles. The van der Waals surface area contributed by atoms with Crippen LogP contribution in [0.3, 0.4) is 0 Å². The Hall–Kier alpha value is -1.87. The predicted molar refractivity (Wildman–Crippen MR) is 85.4 cm³/mol. The zero-order chi connectivity index (χ0) is 14.8. The fourth-order valence-corrected chi connectivity index (χ4v) is 2.98. The second kappa shape index (κ2) is 5.86. The summed E-state index contributed by atoms with van der Waals surface area (Å²) in [5.41, 5.74) is 4.90. The highest BCUT2D eigenvalue weighted by Gasteiger charge is 2.18. The third-order valence-corrected chi connectivity index (χ3v) is 4.34. The average molecular weight is 282 g/mol. The first kappa shape index (κ1) is 14.1. The first-order valence-corrected chi connectivity index (χ1v) is 7.65. The summed E-state index contributed by atoms with van der Waals surface area (Å²) >= 11 is 0. The lowest BCUT2D eigenvalue weighted by molar-refractivity contribution is 0.172. The maximum absolute atomic E-state index is 9.99. The van der Waals surface area contributed by atoms with Gasteiger partial charge < -0.3 is 10.0 Å². The van der Waals surface area contributed by atoms with Gasteiger partial charge >= 0.3 is 0 Å². The maximum Gasteiger partial charge on any atom is 0.129 e. The third-order valence-electron chi connectivity index (χ3n) is 4.34. The van der Waals surface area contributed by atoms with Gasteiger partial charge in [0.25, 0.3) is 0 Å². The summed E-state index contributed by atoms with van der Waals surface area (Å²) in [5.74, 6) is 1.01. The summed E-state index contributed by atoms with van der Waals surface area (Å²) in [6.07, 6.45) is 3.21. The lowest BCUT2D eigenvalue weighted by Crippen LogP contribution is -2.31. The number of aliphatic hydroxyl groups excluding tert-OH is 1. The van der Waals surface area contributed by atoms with Crippen molar-refractivity contribution in [2.45, 2.75) is 39.3 Å². The quantitative estimate of drug-likeness (QED) is 0.937. The number of aryl methyl sites for hydroxylation is 1. The van der Waals surface area contributed by atoms with Crippen molar-refractivity contribution in [3.8, 4) is 0 Å². The minimum absolute atomic E-state index is 0.409. The van der Waals surface area contributed by atoms with Crippen LogP contribution >= 0.6 is 0 Å². The second-order valence-corrected chi connectivity index (χ2v) is 5.76. The Morgan fingerprint density at radius 1 is 1.29 bits per heavy atom. The van der Waals surface area contributed by atoms with Gasteiger partial charge in [0.15, 0.2) is 0 Å². The Morgan fingerprint density at radius 3 is 2.76 bits per heavy atom. The number of hydrogen-bond acceptors (Lipinski definition) is 3. The van der Waals surface area contributed by atoms with Crippen LogP contribution in [0.25, 0.3) is 0 Å². The summed E-state index contributed by atoms with van der Waals surface area (Å²) in [6, 6.07) is 10.7. The molecule has 1 aromatic carbocycles. The van der Waals surface area contributed by atoms with Crippen molar-refractivity contribution in [1.82, 2.24) is 4.98 Å². The fraction of sp³-hybridized carbons (Fsp3) is 0.389. The highest BCUT2D eigenvalue weighted by atomic mass is 16.3. The van der Waals surface area contributed by atoms with E-state index in [1.807, 2.05) is 13.1 Å². The van der Waals surface area contributed by atoms with E-state index in [0.717, 1.165) is 42.9 Å². The molecule has 0 spiro atoms. The van der Waals surface area contributed by atoms with Crippen molar-refractivity contribution in [2.24, 2.45) is 0 Å². The smallest absolute Gasteiger partial charge is 0.129 e. The Kier molecular flexibility index (Phi) is 3.93. The lowest BCUT2D eigenvalue weighted by Gasteiger charge is -2.30. The summed E-state index contributed by atoms with van der Waals surface area (Å²) in [6.45, 7) is 5.95. The molecule has 1 N–H and O–H groups in total. The van der Waals surface area contributed by atoms with Crippen LogP contribution < -0.4 is 4.90 Å². The molecule has 1 aliphatic heterocycles. The summed E-state index contributed by atoms with van der Waals surface area (Å²) in [7, 11) is 0. The molecule has 1 atom stereocenters. The van der Waals surface area contributed by atoms with Gasteiger partial charge in [0.2, 0.25) is 0 Å². The van der Waals surface area contributed by atoms with Crippen LogP contribution in [0.4, 0.5) is 5.82 Å². The highest BCUT2D eigenvalue weighted by molar-refractivity contribution is 5.47. The van der Waals surface area contributed by atoms with Gasteiger partial charge in [-0.1, -0.05) is 31.2 Å². The zero-order valence-corrected chi connectivity index (χ0v) is 12.7. The summed E-state index contributed by atoms with van der Waals surface area (Å²) < 4.78 is 0. The minimum atomic E-state index is -0.409. The molecule has 0 saturated carbocycles. The van der Waals surface area contributed by atoms with Crippen LogP contribution in [-0.4, -0.2) is 16.6 Å². The van der Waals surface area contributed by atoms with Gasteiger partial charge in [0, 0.05) is 24.8 Å². The second-order valence-electron chi connectivity index (χ2n) is 5.76. The molecule has 0 bridgehead atoms. The number of nitrogens with zero attached hydrogens (tertiary/aromatic N) is 2. The summed E-state index contributed by atoms with van der Waals surface area (Å²) in [4.78, 5) is 6.89. The monoisotopic (exact) mass is 282 g/mol. The van der Waals surface area contributed by atoms with Crippen molar-refractivity contribution < 1.29 is 5.11 Å². The molecule has 0 fully saturated rings. The third kappa shape index (κ3) is 2.79. The standard InChI is InChI=1S/C18H22N2O/c1-3-17(21)16-11-19-18(10-13(16)2)20-9-8-14-6-4-5-7-15(14)12-20/h4-7,10-11,17,21H,3,8-9,12H2,1-2H3/t17-/m0/s1. The Labute approximate surface area is 126 Å². The number of anilines is 1. The van der Waals surface area contributed by atoms with Gasteiger partial charge in [-0.3, -0.25) is 0 Å². The minimum Gasteiger partial charge on any atom is -0.388 e. The number of pyridine rings is 1. The Morgan fingerprint density at radius 2 is 2.05 bits per heavy atom. The van der Waals surface area contributed by atoms with Crippen molar-refractivity contribution >= 4 is 5.82 Å². The van der Waals surface area contributed by atoms with Gasteiger partial charge in [-0.25, -0.2) is 4.98 Å². The summed E-state index contributed by atoms with van der Waals surface area (Å²) in [5, 5.41) is 9.99.